The van der Waals surface area contributed by atoms with Crippen molar-refractivity contribution in [1.29, 1.82) is 0 Å². The molecule has 3 rings (SSSR count). The Labute approximate surface area is 167 Å². The molecule has 13 heteroatoms. The van der Waals surface area contributed by atoms with Gasteiger partial charge in [-0.15, -0.1) is 0 Å². The van der Waals surface area contributed by atoms with E-state index in [2.05, 4.69) is 15.0 Å². The van der Waals surface area contributed by atoms with E-state index >= 15 is 0 Å². The van der Waals surface area contributed by atoms with Crippen LogP contribution in [-0.4, -0.2) is 67.1 Å². The third-order valence-corrected chi connectivity index (χ3v) is 6.04. The van der Waals surface area contributed by atoms with Crippen LogP contribution in [0.5, 0.6) is 0 Å². The topological polar surface area (TPSA) is 164 Å². The maximum Gasteiger partial charge on any atom is 0.356 e. The van der Waals surface area contributed by atoms with Crippen LogP contribution in [0.1, 0.15) is 27.7 Å². The van der Waals surface area contributed by atoms with Crippen molar-refractivity contribution in [1.82, 2.24) is 19.5 Å². The molecule has 0 amide bonds. The Morgan fingerprint density at radius 3 is 2.59 bits per heavy atom. The quantitative estimate of drug-likeness (QED) is 0.506. The molecule has 0 aromatic carbocycles. The molecule has 0 spiro atoms. The molecule has 2 aromatic heterocycles. The van der Waals surface area contributed by atoms with E-state index in [0.29, 0.717) is 0 Å². The molecule has 162 valence electrons. The molecule has 0 radical (unpaired) electrons. The maximum absolute atomic E-state index is 12.9. The fourth-order valence-electron chi connectivity index (χ4n) is 2.98. The molecule has 0 aliphatic carbocycles. The van der Waals surface area contributed by atoms with Crippen LogP contribution in [0.3, 0.4) is 0 Å². The van der Waals surface area contributed by atoms with Gasteiger partial charge in [-0.3, -0.25) is 9.13 Å². The van der Waals surface area contributed by atoms with Gasteiger partial charge >= 0.3 is 7.60 Å². The number of rotatable bonds is 8. The van der Waals surface area contributed by atoms with Crippen molar-refractivity contribution >= 4 is 24.6 Å². The number of nitrogens with zero attached hydrogens (tertiary/aromatic N) is 4. The van der Waals surface area contributed by atoms with Crippen molar-refractivity contribution in [3.8, 4) is 0 Å². The van der Waals surface area contributed by atoms with Crippen molar-refractivity contribution in [2.24, 2.45) is 0 Å². The van der Waals surface area contributed by atoms with E-state index in [1.807, 2.05) is 0 Å². The molecule has 3 atom stereocenters. The molecule has 1 saturated heterocycles. The van der Waals surface area contributed by atoms with Gasteiger partial charge < -0.3 is 34.5 Å². The first-order chi connectivity index (χ1) is 13.6. The lowest BCUT2D eigenvalue weighted by Gasteiger charge is -2.28. The number of aromatic nitrogens is 4. The number of imidazole rings is 1. The van der Waals surface area contributed by atoms with Crippen LogP contribution in [0.4, 0.5) is 5.82 Å². The van der Waals surface area contributed by atoms with Crippen molar-refractivity contribution in [3.05, 3.63) is 12.7 Å². The smallest absolute Gasteiger partial charge is 0.356 e. The van der Waals surface area contributed by atoms with Crippen LogP contribution < -0.4 is 5.73 Å². The van der Waals surface area contributed by atoms with E-state index in [9.17, 15) is 14.8 Å². The van der Waals surface area contributed by atoms with E-state index in [0.717, 1.165) is 4.57 Å². The fraction of sp³-hybridized carbons (Fsp3) is 0.688. The summed E-state index contributed by atoms with van der Waals surface area (Å²) in [6.07, 6.45) is -1.23. The van der Waals surface area contributed by atoms with E-state index in [1.165, 1.54) is 12.7 Å². The Hall–Kier alpha value is -1.66. The van der Waals surface area contributed by atoms with Gasteiger partial charge in [-0.05, 0) is 27.7 Å². The zero-order chi connectivity index (χ0) is 21.4. The first kappa shape index (κ1) is 22.0. The van der Waals surface area contributed by atoms with Gasteiger partial charge in [0.2, 0.25) is 0 Å². The minimum absolute atomic E-state index is 0.121. The molecule has 1 aliphatic rings. The molecule has 0 saturated carbocycles. The molecule has 4 N–H and O–H groups in total. The lowest BCUT2D eigenvalue weighted by molar-refractivity contribution is -0.274. The predicted molar refractivity (Wildman–Crippen MR) is 102 cm³/mol. The second kappa shape index (κ2) is 8.23. The number of aliphatic hydroxyl groups excluding tert-OH is 1. The summed E-state index contributed by atoms with van der Waals surface area (Å²) in [6, 6.07) is 0. The Bertz CT molecular complexity index is 893. The van der Waals surface area contributed by atoms with Gasteiger partial charge in [0.1, 0.15) is 30.6 Å². The average molecular weight is 431 g/mol. The number of ether oxygens (including phenoxy) is 2. The molecule has 29 heavy (non-hydrogen) atoms. The predicted octanol–water partition coefficient (Wildman–Crippen LogP) is 0.788. The molecule has 0 bridgehead atoms. The van der Waals surface area contributed by atoms with Crippen molar-refractivity contribution in [3.63, 3.8) is 0 Å². The number of aliphatic hydroxyl groups is 2. The third kappa shape index (κ3) is 4.43. The monoisotopic (exact) mass is 431 g/mol. The second-order valence-corrected chi connectivity index (χ2v) is 9.12. The molecule has 1 aliphatic heterocycles. The van der Waals surface area contributed by atoms with Gasteiger partial charge in [-0.1, -0.05) is 0 Å². The summed E-state index contributed by atoms with van der Waals surface area (Å²) in [7, 11) is -3.58. The third-order valence-electron chi connectivity index (χ3n) is 4.09. The summed E-state index contributed by atoms with van der Waals surface area (Å²) in [6.45, 7) is 6.71. The lowest BCUT2D eigenvalue weighted by Crippen LogP contribution is -2.46. The van der Waals surface area contributed by atoms with Gasteiger partial charge in [0.05, 0.1) is 18.8 Å². The SMILES string of the molecule is CC(C)OP(=O)(CO[C@@H]1CO[C@@](O)(n2cnc3c(N)ncnc32)[C@H]1O)OC(C)C. The highest BCUT2D eigenvalue weighted by Gasteiger charge is 2.52. The highest BCUT2D eigenvalue weighted by molar-refractivity contribution is 7.53. The largest absolute Gasteiger partial charge is 0.382 e. The van der Waals surface area contributed by atoms with E-state index in [1.54, 1.807) is 27.7 Å². The Kier molecular flexibility index (Phi) is 6.25. The summed E-state index contributed by atoms with van der Waals surface area (Å²) in [4.78, 5) is 11.9. The number of anilines is 1. The first-order valence-electron chi connectivity index (χ1n) is 9.11. The number of nitrogen functional groups attached to an aromatic ring is 1. The maximum atomic E-state index is 12.9. The first-order valence-corrected chi connectivity index (χ1v) is 10.8. The van der Waals surface area contributed by atoms with Gasteiger partial charge in [-0.25, -0.2) is 15.0 Å². The molecule has 12 nitrogen and oxygen atoms in total. The standard InChI is InChI=1S/C16H26N5O7P/c1-9(2)27-29(24,28-10(3)4)8-25-11-5-26-16(23,13(11)22)21-7-20-12-14(17)18-6-19-15(12)21/h6-7,9-11,13,22-23H,5,8H2,1-4H3,(H2,17,18,19)/t11-,13+,16-/m1/s1. The minimum atomic E-state index is -3.58. The molecular formula is C16H26N5O7P. The molecule has 2 aromatic rings. The van der Waals surface area contributed by atoms with Crippen molar-refractivity contribution < 1.29 is 33.3 Å². The Morgan fingerprint density at radius 1 is 1.31 bits per heavy atom. The van der Waals surface area contributed by atoms with Gasteiger partial charge in [-0.2, -0.15) is 0 Å². The van der Waals surface area contributed by atoms with Crippen LogP contribution in [0, 0.1) is 0 Å². The fourth-order valence-corrected chi connectivity index (χ4v) is 4.81. The van der Waals surface area contributed by atoms with Gasteiger partial charge in [0.25, 0.3) is 5.91 Å². The number of nitrogens with two attached hydrogens (primary N) is 1. The van der Waals surface area contributed by atoms with Gasteiger partial charge in [0.15, 0.2) is 17.6 Å². The van der Waals surface area contributed by atoms with Crippen molar-refractivity contribution in [2.45, 2.75) is 58.0 Å². The number of fused-ring (bicyclic) bond motifs is 1. The normalized spacial score (nSPS) is 25.5. The van der Waals surface area contributed by atoms with E-state index < -0.39 is 32.1 Å². The van der Waals surface area contributed by atoms with Crippen LogP contribution in [-0.2, 0) is 29.0 Å². The zero-order valence-electron chi connectivity index (χ0n) is 16.6. The van der Waals surface area contributed by atoms with Crippen LogP contribution in [0.15, 0.2) is 12.7 Å². The van der Waals surface area contributed by atoms with Crippen LogP contribution >= 0.6 is 7.60 Å². The number of hydrogen-bond acceptors (Lipinski definition) is 11. The van der Waals surface area contributed by atoms with E-state index in [-0.39, 0.29) is 35.8 Å². The van der Waals surface area contributed by atoms with Crippen LogP contribution in [0.2, 0.25) is 0 Å². The molecular weight excluding hydrogens is 405 g/mol. The number of hydrogen-bond donors (Lipinski definition) is 3. The molecule has 3 heterocycles. The molecule has 0 unspecified atom stereocenters. The van der Waals surface area contributed by atoms with Crippen molar-refractivity contribution in [2.75, 3.05) is 18.7 Å². The Morgan fingerprint density at radius 2 is 1.97 bits per heavy atom. The highest BCUT2D eigenvalue weighted by Crippen LogP contribution is 2.51. The summed E-state index contributed by atoms with van der Waals surface area (Å²) in [5.74, 6) is -2.09. The lowest BCUT2D eigenvalue weighted by atomic mass is 10.2. The average Bonchev–Trinajstić information content (AvgIpc) is 3.16. The Balaban J connectivity index is 1.77. The summed E-state index contributed by atoms with van der Waals surface area (Å²) >= 11 is 0. The second-order valence-electron chi connectivity index (χ2n) is 7.21. The van der Waals surface area contributed by atoms with Crippen LogP contribution in [0.25, 0.3) is 11.2 Å². The highest BCUT2D eigenvalue weighted by atomic mass is 31.2. The zero-order valence-corrected chi connectivity index (χ0v) is 17.5. The summed E-state index contributed by atoms with van der Waals surface area (Å²) in [5.41, 5.74) is 6.18. The summed E-state index contributed by atoms with van der Waals surface area (Å²) in [5, 5.41) is 21.6. The summed E-state index contributed by atoms with van der Waals surface area (Å²) < 4.78 is 35.9. The molecule has 1 fully saturated rings. The minimum Gasteiger partial charge on any atom is -0.382 e. The van der Waals surface area contributed by atoms with E-state index in [4.69, 9.17) is 24.3 Å². The van der Waals surface area contributed by atoms with Gasteiger partial charge in [0, 0.05) is 0 Å².